The van der Waals surface area contributed by atoms with E-state index in [1.54, 1.807) is 36.4 Å². The first-order valence-corrected chi connectivity index (χ1v) is 8.22. The van der Waals surface area contributed by atoms with Crippen LogP contribution in [-0.2, 0) is 20.1 Å². The Bertz CT molecular complexity index is 761. The summed E-state index contributed by atoms with van der Waals surface area (Å²) in [5.41, 5.74) is 1.27. The number of carbonyl (C=O) groups is 2. The van der Waals surface area contributed by atoms with E-state index in [0.29, 0.717) is 11.4 Å². The monoisotopic (exact) mass is 385 g/mol. The van der Waals surface area contributed by atoms with Gasteiger partial charge in [0.1, 0.15) is 5.75 Å². The van der Waals surface area contributed by atoms with E-state index in [-0.39, 0.29) is 5.75 Å². The number of anilines is 1. The molecule has 2 aromatic carbocycles. The Balaban J connectivity index is 1.87. The van der Waals surface area contributed by atoms with Crippen molar-refractivity contribution in [3.05, 3.63) is 54.1 Å². The van der Waals surface area contributed by atoms with E-state index in [1.165, 1.54) is 23.9 Å². The highest BCUT2D eigenvalue weighted by Gasteiger charge is 2.30. The van der Waals surface area contributed by atoms with Crippen molar-refractivity contribution in [3.8, 4) is 5.75 Å². The van der Waals surface area contributed by atoms with Gasteiger partial charge in [0.05, 0.1) is 7.11 Å². The average Bonchev–Trinajstić information content (AvgIpc) is 2.60. The number of benzene rings is 2. The number of esters is 1. The van der Waals surface area contributed by atoms with Crippen molar-refractivity contribution in [1.29, 1.82) is 0 Å². The smallest absolute Gasteiger partial charge is 0.462 e. The quantitative estimate of drug-likeness (QED) is 0.479. The molecule has 138 valence electrons. The Morgan fingerprint density at radius 2 is 1.65 bits per heavy atom. The minimum absolute atomic E-state index is 0.267. The normalized spacial score (nSPS) is 10.9. The summed E-state index contributed by atoms with van der Waals surface area (Å²) in [6, 6.07) is 12.4. The maximum Gasteiger partial charge on any atom is 0.573 e. The Hall–Kier alpha value is -2.68. The van der Waals surface area contributed by atoms with Gasteiger partial charge in [0.25, 0.3) is 0 Å². The van der Waals surface area contributed by atoms with Crippen LogP contribution in [0.15, 0.2) is 53.4 Å². The fourth-order valence-corrected chi connectivity index (χ4v) is 2.72. The van der Waals surface area contributed by atoms with Gasteiger partial charge < -0.3 is 14.8 Å². The van der Waals surface area contributed by atoms with Gasteiger partial charge in [0.15, 0.2) is 0 Å². The van der Waals surface area contributed by atoms with E-state index in [0.717, 1.165) is 17.6 Å². The van der Waals surface area contributed by atoms with E-state index in [9.17, 15) is 22.8 Å². The summed E-state index contributed by atoms with van der Waals surface area (Å²) in [5.74, 6) is -1.58. The average molecular weight is 385 g/mol. The van der Waals surface area contributed by atoms with Crippen LogP contribution in [0.5, 0.6) is 5.75 Å². The molecule has 0 aromatic heterocycles. The summed E-state index contributed by atoms with van der Waals surface area (Å²) < 4.78 is 44.4. The lowest BCUT2D eigenvalue weighted by Gasteiger charge is -2.09. The van der Waals surface area contributed by atoms with Crippen LogP contribution in [-0.4, -0.2) is 25.3 Å². The highest BCUT2D eigenvalue weighted by Crippen LogP contribution is 2.27. The zero-order chi connectivity index (χ0) is 19.2. The molecule has 0 fully saturated rings. The van der Waals surface area contributed by atoms with Crippen molar-refractivity contribution >= 4 is 29.3 Å². The lowest BCUT2D eigenvalue weighted by Crippen LogP contribution is -2.23. The number of hydrogen-bond acceptors (Lipinski definition) is 5. The third-order valence-electron chi connectivity index (χ3n) is 3.05. The van der Waals surface area contributed by atoms with E-state index in [2.05, 4.69) is 14.8 Å². The van der Waals surface area contributed by atoms with Crippen LogP contribution in [0.25, 0.3) is 0 Å². The number of hydrogen-bond donors (Lipinski definition) is 1. The van der Waals surface area contributed by atoms with Crippen LogP contribution >= 0.6 is 11.8 Å². The number of alkyl halides is 3. The number of halogens is 3. The van der Waals surface area contributed by atoms with Gasteiger partial charge in [-0.15, -0.1) is 24.9 Å². The Kier molecular flexibility index (Phi) is 6.51. The van der Waals surface area contributed by atoms with E-state index in [4.69, 9.17) is 0 Å². The van der Waals surface area contributed by atoms with Gasteiger partial charge in [-0.25, -0.2) is 4.79 Å². The Labute approximate surface area is 151 Å². The summed E-state index contributed by atoms with van der Waals surface area (Å²) >= 11 is 1.46. The minimum Gasteiger partial charge on any atom is -0.462 e. The molecule has 0 spiro atoms. The van der Waals surface area contributed by atoms with Crippen LogP contribution in [0.4, 0.5) is 18.9 Å². The molecule has 0 radical (unpaired) electrons. The van der Waals surface area contributed by atoms with Crippen molar-refractivity contribution in [2.45, 2.75) is 17.0 Å². The van der Waals surface area contributed by atoms with Crippen molar-refractivity contribution in [2.75, 3.05) is 12.4 Å². The summed E-state index contributed by atoms with van der Waals surface area (Å²) in [4.78, 5) is 23.3. The Morgan fingerprint density at radius 1 is 1.04 bits per heavy atom. The molecule has 0 saturated carbocycles. The van der Waals surface area contributed by atoms with Crippen molar-refractivity contribution in [3.63, 3.8) is 0 Å². The largest absolute Gasteiger partial charge is 0.573 e. The third kappa shape index (κ3) is 6.32. The van der Waals surface area contributed by atoms with E-state index >= 15 is 0 Å². The maximum absolute atomic E-state index is 12.1. The number of rotatable bonds is 5. The first-order chi connectivity index (χ1) is 12.3. The molecule has 5 nitrogen and oxygen atoms in total. The van der Waals surface area contributed by atoms with Crippen LogP contribution in [0.2, 0.25) is 0 Å². The number of thioether (sulfide) groups is 1. The molecule has 0 unspecified atom stereocenters. The molecule has 0 aliphatic rings. The predicted octanol–water partition coefficient (Wildman–Crippen LogP) is 3.99. The standard InChI is InChI=1S/C17H14F3NO4S/c1-24-16(23)15(22)21-12-4-8-14(9-5-12)26-10-11-2-6-13(7-3-11)25-17(18,19)20/h2-9H,10H2,1H3,(H,21,22). The summed E-state index contributed by atoms with van der Waals surface area (Å²) in [6.07, 6.45) is -4.71. The first-order valence-electron chi connectivity index (χ1n) is 7.23. The van der Waals surface area contributed by atoms with Crippen molar-refractivity contribution < 1.29 is 32.2 Å². The fourth-order valence-electron chi connectivity index (χ4n) is 1.86. The molecule has 1 amide bonds. The number of amides is 1. The molecule has 2 aromatic rings. The Morgan fingerprint density at radius 3 is 2.19 bits per heavy atom. The fraction of sp³-hybridized carbons (Fsp3) is 0.176. The second kappa shape index (κ2) is 8.61. The van der Waals surface area contributed by atoms with Crippen LogP contribution < -0.4 is 10.1 Å². The summed E-state index contributed by atoms with van der Waals surface area (Å²) in [7, 11) is 1.11. The lowest BCUT2D eigenvalue weighted by molar-refractivity contribution is -0.274. The van der Waals surface area contributed by atoms with Crippen LogP contribution in [0.3, 0.4) is 0 Å². The molecule has 9 heteroatoms. The molecule has 0 aliphatic carbocycles. The van der Waals surface area contributed by atoms with Crippen molar-refractivity contribution in [2.24, 2.45) is 0 Å². The minimum atomic E-state index is -4.71. The highest BCUT2D eigenvalue weighted by atomic mass is 32.2. The number of ether oxygens (including phenoxy) is 2. The summed E-state index contributed by atoms with van der Waals surface area (Å²) in [6.45, 7) is 0. The molecule has 0 aliphatic heterocycles. The van der Waals surface area contributed by atoms with Gasteiger partial charge in [-0.05, 0) is 42.0 Å². The maximum atomic E-state index is 12.1. The number of methoxy groups -OCH3 is 1. The molecule has 0 bridgehead atoms. The molecule has 0 atom stereocenters. The van der Waals surface area contributed by atoms with Crippen molar-refractivity contribution in [1.82, 2.24) is 0 Å². The second-order valence-corrected chi connectivity index (χ2v) is 6.00. The first kappa shape index (κ1) is 19.6. The molecule has 26 heavy (non-hydrogen) atoms. The molecular weight excluding hydrogens is 371 g/mol. The molecule has 0 saturated heterocycles. The van der Waals surface area contributed by atoms with Crippen LogP contribution in [0.1, 0.15) is 5.56 Å². The van der Waals surface area contributed by atoms with Gasteiger partial charge in [-0.1, -0.05) is 12.1 Å². The van der Waals surface area contributed by atoms with E-state index in [1.807, 2.05) is 0 Å². The lowest BCUT2D eigenvalue weighted by atomic mass is 10.2. The third-order valence-corrected chi connectivity index (χ3v) is 4.13. The second-order valence-electron chi connectivity index (χ2n) is 4.95. The molecule has 0 heterocycles. The van der Waals surface area contributed by atoms with Gasteiger partial charge in [0, 0.05) is 16.3 Å². The highest BCUT2D eigenvalue weighted by molar-refractivity contribution is 7.98. The van der Waals surface area contributed by atoms with Gasteiger partial charge in [-0.2, -0.15) is 0 Å². The predicted molar refractivity (Wildman–Crippen MR) is 89.8 cm³/mol. The SMILES string of the molecule is COC(=O)C(=O)Nc1ccc(SCc2ccc(OC(F)(F)F)cc2)cc1. The van der Waals surface area contributed by atoms with Gasteiger partial charge in [-0.3, -0.25) is 4.79 Å². The number of carbonyl (C=O) groups excluding carboxylic acids is 2. The summed E-state index contributed by atoms with van der Waals surface area (Å²) in [5, 5.41) is 2.39. The zero-order valence-corrected chi connectivity index (χ0v) is 14.3. The molecular formula is C17H14F3NO4S. The van der Waals surface area contributed by atoms with Gasteiger partial charge in [0.2, 0.25) is 0 Å². The number of nitrogens with one attached hydrogen (secondary N) is 1. The molecule has 1 N–H and O–H groups in total. The topological polar surface area (TPSA) is 64.6 Å². The van der Waals surface area contributed by atoms with Crippen LogP contribution in [0, 0.1) is 0 Å². The van der Waals surface area contributed by atoms with Gasteiger partial charge >= 0.3 is 18.2 Å². The molecule has 2 rings (SSSR count). The van der Waals surface area contributed by atoms with E-state index < -0.39 is 18.2 Å². The zero-order valence-electron chi connectivity index (χ0n) is 13.5.